The number of methoxy groups -OCH3 is 1. The van der Waals surface area contributed by atoms with Crippen LogP contribution in [0.3, 0.4) is 0 Å². The van der Waals surface area contributed by atoms with E-state index in [0.29, 0.717) is 11.3 Å². The van der Waals surface area contributed by atoms with Crippen LogP contribution in [0.4, 0.5) is 5.95 Å². The van der Waals surface area contributed by atoms with E-state index in [-0.39, 0.29) is 29.6 Å². The van der Waals surface area contributed by atoms with Crippen LogP contribution in [-0.4, -0.2) is 62.3 Å². The first-order chi connectivity index (χ1) is 19.3. The molecular formula is C25H33N8O6P. The third kappa shape index (κ3) is 5.45. The van der Waals surface area contributed by atoms with Crippen molar-refractivity contribution in [1.29, 1.82) is 0 Å². The lowest BCUT2D eigenvalue weighted by atomic mass is 9.91. The van der Waals surface area contributed by atoms with Gasteiger partial charge >= 0.3 is 7.60 Å². The van der Waals surface area contributed by atoms with E-state index in [9.17, 15) is 15.2 Å². The number of aromatic nitrogens is 4. The average Bonchev–Trinajstić information content (AvgIpc) is 3.47. The minimum atomic E-state index is -3.85. The Hall–Kier alpha value is -3.41. The van der Waals surface area contributed by atoms with Crippen LogP contribution in [0.25, 0.3) is 21.6 Å². The molecule has 1 aliphatic carbocycles. The minimum absolute atomic E-state index is 0.0608. The molecule has 15 heteroatoms. The molecule has 2 aromatic heterocycles. The van der Waals surface area contributed by atoms with Gasteiger partial charge in [0.05, 0.1) is 26.2 Å². The summed E-state index contributed by atoms with van der Waals surface area (Å²) >= 11 is 0. The Kier molecular flexibility index (Phi) is 8.16. The molecule has 0 radical (unpaired) electrons. The first-order valence-electron chi connectivity index (χ1n) is 13.2. The number of aliphatic hydroxyl groups excluding tert-OH is 1. The zero-order chi connectivity index (χ0) is 28.3. The van der Waals surface area contributed by atoms with Crippen LogP contribution in [0.1, 0.15) is 45.3 Å². The predicted octanol–water partition coefficient (Wildman–Crippen LogP) is 4.61. The molecule has 214 valence electrons. The van der Waals surface area contributed by atoms with Crippen molar-refractivity contribution < 1.29 is 28.2 Å². The van der Waals surface area contributed by atoms with Crippen molar-refractivity contribution in [3.8, 4) is 11.6 Å². The van der Waals surface area contributed by atoms with E-state index in [1.54, 1.807) is 31.2 Å². The van der Waals surface area contributed by atoms with Gasteiger partial charge in [0.1, 0.15) is 23.5 Å². The summed E-state index contributed by atoms with van der Waals surface area (Å²) in [5.74, 6) is 0.631. The quantitative estimate of drug-likeness (QED) is 0.150. The van der Waals surface area contributed by atoms with E-state index >= 15 is 0 Å². The van der Waals surface area contributed by atoms with Gasteiger partial charge in [-0.1, -0.05) is 42.6 Å². The highest BCUT2D eigenvalue weighted by Crippen LogP contribution is 2.57. The molecule has 1 unspecified atom stereocenters. The Balaban J connectivity index is 1.54. The molecule has 3 heterocycles. The lowest BCUT2D eigenvalue weighted by Crippen LogP contribution is -2.44. The van der Waals surface area contributed by atoms with Crippen molar-refractivity contribution in [3.05, 3.63) is 47.1 Å². The second kappa shape index (κ2) is 11.6. The fourth-order valence-corrected chi connectivity index (χ4v) is 7.92. The number of aliphatic hydroxyl groups is 1. The minimum Gasteiger partial charge on any atom is -0.479 e. The van der Waals surface area contributed by atoms with Gasteiger partial charge in [-0.05, 0) is 43.3 Å². The van der Waals surface area contributed by atoms with Crippen LogP contribution < -0.4 is 15.0 Å². The Labute approximate surface area is 231 Å². The Morgan fingerprint density at radius 2 is 2.02 bits per heavy atom. The molecule has 1 saturated carbocycles. The van der Waals surface area contributed by atoms with E-state index in [1.165, 1.54) is 18.0 Å². The SMILES string of the molecule is COc1nc(N)nc2c1ncn2[C@@H]1O[C@H](CO)[C@@H](OP(=O)(CC2CCCCC2)Oc2ccccc2)[C@@]1(C)N=[N+]=[N-]. The van der Waals surface area contributed by atoms with Gasteiger partial charge in [-0.25, -0.2) is 9.55 Å². The summed E-state index contributed by atoms with van der Waals surface area (Å²) in [5.41, 5.74) is 14.6. The van der Waals surface area contributed by atoms with Crippen LogP contribution in [-0.2, 0) is 13.8 Å². The average molecular weight is 573 g/mol. The van der Waals surface area contributed by atoms with Crippen molar-refractivity contribution in [1.82, 2.24) is 19.5 Å². The smallest absolute Gasteiger partial charge is 0.379 e. The topological polar surface area (TPSA) is 193 Å². The van der Waals surface area contributed by atoms with Crippen molar-refractivity contribution >= 4 is 24.7 Å². The summed E-state index contributed by atoms with van der Waals surface area (Å²) in [6.45, 7) is 1.11. The van der Waals surface area contributed by atoms with E-state index in [4.69, 9.17) is 24.3 Å². The highest BCUT2D eigenvalue weighted by molar-refractivity contribution is 7.54. The van der Waals surface area contributed by atoms with Gasteiger partial charge in [-0.3, -0.25) is 9.09 Å². The molecule has 2 aliphatic rings. The van der Waals surface area contributed by atoms with Crippen LogP contribution >= 0.6 is 7.60 Å². The van der Waals surface area contributed by atoms with Gasteiger partial charge in [0.2, 0.25) is 11.8 Å². The number of nitrogens with zero attached hydrogens (tertiary/aromatic N) is 7. The third-order valence-corrected chi connectivity index (χ3v) is 9.48. The van der Waals surface area contributed by atoms with Crippen molar-refractivity contribution in [3.63, 3.8) is 0 Å². The first kappa shape index (κ1) is 28.1. The van der Waals surface area contributed by atoms with E-state index in [0.717, 1.165) is 32.1 Å². The Morgan fingerprint density at radius 1 is 1.27 bits per heavy atom. The second-order valence-corrected chi connectivity index (χ2v) is 12.2. The largest absolute Gasteiger partial charge is 0.479 e. The second-order valence-electron chi connectivity index (χ2n) is 10.3. The maximum absolute atomic E-state index is 14.5. The van der Waals surface area contributed by atoms with Gasteiger partial charge < -0.3 is 24.8 Å². The fourth-order valence-electron chi connectivity index (χ4n) is 5.58. The molecule has 1 aromatic carbocycles. The van der Waals surface area contributed by atoms with Crippen molar-refractivity contribution in [2.45, 2.75) is 63.0 Å². The number of nitrogen functional groups attached to an aromatic ring is 1. The lowest BCUT2D eigenvalue weighted by Gasteiger charge is -2.34. The number of rotatable bonds is 10. The third-order valence-electron chi connectivity index (χ3n) is 7.48. The lowest BCUT2D eigenvalue weighted by molar-refractivity contribution is -0.0435. The summed E-state index contributed by atoms with van der Waals surface area (Å²) in [4.78, 5) is 15.7. The molecule has 0 spiro atoms. The number of hydrogen-bond donors (Lipinski definition) is 2. The Morgan fingerprint density at radius 3 is 2.70 bits per heavy atom. The zero-order valence-corrected chi connectivity index (χ0v) is 23.3. The molecule has 0 amide bonds. The summed E-state index contributed by atoms with van der Waals surface area (Å²) in [6, 6.07) is 8.80. The maximum atomic E-state index is 14.5. The molecule has 5 atom stereocenters. The van der Waals surface area contributed by atoms with Crippen LogP contribution in [0, 0.1) is 5.92 Å². The number of imidazole rings is 1. The molecule has 40 heavy (non-hydrogen) atoms. The number of nitrogens with two attached hydrogens (primary N) is 1. The standard InChI is InChI=1S/C25H33N8O6P/c1-25(31-32-27)20(39-40(35,14-16-9-5-3-6-10-16)38-17-11-7-4-8-12-17)18(13-34)37-23(25)33-15-28-19-21(33)29-24(26)30-22(19)36-2/h4,7-8,11-12,15-16,18,20,23,34H,3,5-6,9-10,13-14H2,1-2H3,(H2,26,29,30)/t18-,20-,23-,25-,40?/m1/s1. The van der Waals surface area contributed by atoms with Gasteiger partial charge in [-0.2, -0.15) is 9.97 Å². The van der Waals surface area contributed by atoms with Crippen LogP contribution in [0.2, 0.25) is 0 Å². The number of hydrogen-bond acceptors (Lipinski definition) is 11. The highest BCUT2D eigenvalue weighted by Gasteiger charge is 2.58. The molecule has 3 aromatic rings. The van der Waals surface area contributed by atoms with Crippen LogP contribution in [0.5, 0.6) is 11.6 Å². The number of para-hydroxylation sites is 1. The summed E-state index contributed by atoms with van der Waals surface area (Å²) < 4.78 is 39.9. The molecule has 3 N–H and O–H groups in total. The van der Waals surface area contributed by atoms with Crippen molar-refractivity contribution in [2.24, 2.45) is 11.0 Å². The highest BCUT2D eigenvalue weighted by atomic mass is 31.2. The van der Waals surface area contributed by atoms with Gasteiger partial charge in [-0.15, -0.1) is 0 Å². The number of ether oxygens (including phenoxy) is 2. The number of azide groups is 1. The first-order valence-corrected chi connectivity index (χ1v) is 14.9. The Bertz CT molecular complexity index is 1430. The maximum Gasteiger partial charge on any atom is 0.379 e. The fraction of sp³-hybridized carbons (Fsp3) is 0.560. The predicted molar refractivity (Wildman–Crippen MR) is 146 cm³/mol. The molecule has 2 fully saturated rings. The summed E-state index contributed by atoms with van der Waals surface area (Å²) in [5, 5.41) is 14.4. The zero-order valence-electron chi connectivity index (χ0n) is 22.4. The molecule has 1 aliphatic heterocycles. The van der Waals surface area contributed by atoms with Gasteiger partial charge in [0, 0.05) is 4.91 Å². The summed E-state index contributed by atoms with van der Waals surface area (Å²) in [7, 11) is -2.42. The van der Waals surface area contributed by atoms with E-state index < -0.39 is 38.2 Å². The molecule has 1 saturated heterocycles. The van der Waals surface area contributed by atoms with E-state index in [1.807, 2.05) is 6.07 Å². The summed E-state index contributed by atoms with van der Waals surface area (Å²) in [6.07, 6.45) is 3.44. The van der Waals surface area contributed by atoms with Crippen molar-refractivity contribution in [2.75, 3.05) is 25.6 Å². The molecule has 0 bridgehead atoms. The molecule has 14 nitrogen and oxygen atoms in total. The molecular weight excluding hydrogens is 539 g/mol. The number of anilines is 1. The molecule has 5 rings (SSSR count). The number of benzene rings is 1. The van der Waals surface area contributed by atoms with Gasteiger partial charge in [0.15, 0.2) is 17.4 Å². The van der Waals surface area contributed by atoms with Crippen LogP contribution in [0.15, 0.2) is 41.8 Å². The van der Waals surface area contributed by atoms with E-state index in [2.05, 4.69) is 25.0 Å². The monoisotopic (exact) mass is 572 g/mol. The number of fused-ring (bicyclic) bond motifs is 1. The van der Waals surface area contributed by atoms with Gasteiger partial charge in [0.25, 0.3) is 0 Å². The normalized spacial score (nSPS) is 26.7.